The molecule has 2 N–H and O–H groups in total. The molecule has 0 spiro atoms. The van der Waals surface area contributed by atoms with Crippen LogP contribution < -0.4 is 0 Å². The number of nitrogens with zero attached hydrogens (tertiary/aromatic N) is 2. The van der Waals surface area contributed by atoms with Crippen molar-refractivity contribution in [1.29, 1.82) is 0 Å². The predicted molar refractivity (Wildman–Crippen MR) is 143 cm³/mol. The maximum absolute atomic E-state index is 14.8. The number of ketones is 2. The third kappa shape index (κ3) is 5.16. The average molecular weight is 531 g/mol. The van der Waals surface area contributed by atoms with Crippen LogP contribution in [-0.2, 0) is 4.79 Å². The Morgan fingerprint density at radius 3 is 1.79 bits per heavy atom. The van der Waals surface area contributed by atoms with Crippen molar-refractivity contribution < 1.29 is 29.0 Å². The van der Waals surface area contributed by atoms with E-state index >= 15 is 0 Å². The number of carbonyl (C=O) groups is 3. The van der Waals surface area contributed by atoms with E-state index in [0.717, 1.165) is 0 Å². The van der Waals surface area contributed by atoms with Crippen LogP contribution in [0, 0.1) is 30.5 Å². The Balaban J connectivity index is 1.64. The van der Waals surface area contributed by atoms with Crippen LogP contribution in [0.2, 0.25) is 0 Å². The number of aromatic hydroxyl groups is 2. The summed E-state index contributed by atoms with van der Waals surface area (Å²) >= 11 is 0. The van der Waals surface area contributed by atoms with Gasteiger partial charge in [0.1, 0.15) is 17.3 Å². The van der Waals surface area contributed by atoms with Gasteiger partial charge in [0, 0.05) is 55.1 Å². The molecule has 8 heteroatoms. The van der Waals surface area contributed by atoms with E-state index in [4.69, 9.17) is 0 Å². The Hall–Kier alpha value is -4.04. The molecule has 3 aromatic rings. The summed E-state index contributed by atoms with van der Waals surface area (Å²) < 4.78 is 14.8. The number of halogens is 1. The van der Waals surface area contributed by atoms with Gasteiger partial charge in [-0.1, -0.05) is 36.4 Å². The minimum atomic E-state index is -0.867. The third-order valence-corrected chi connectivity index (χ3v) is 8.03. The molecule has 1 amide bonds. The Kier molecular flexibility index (Phi) is 7.23. The first-order chi connectivity index (χ1) is 18.6. The van der Waals surface area contributed by atoms with Crippen LogP contribution in [0.25, 0.3) is 0 Å². The van der Waals surface area contributed by atoms with Gasteiger partial charge in [0.2, 0.25) is 5.91 Å². The lowest BCUT2D eigenvalue weighted by molar-refractivity contribution is -0.143. The van der Waals surface area contributed by atoms with Crippen LogP contribution in [0.3, 0.4) is 0 Å². The number of benzene rings is 3. The molecule has 39 heavy (non-hydrogen) atoms. The SMILES string of the molecule is Cc1c(F)cccc1[C@@H]1[C@@H](C(=O)c2cccc(O)c2)CN(C(=O)C2CN(C)C2)C[C@H]1C(=O)c1cccc(O)c1. The number of hydrogen-bond donors (Lipinski definition) is 2. The molecule has 2 saturated heterocycles. The van der Waals surface area contributed by atoms with Gasteiger partial charge < -0.3 is 20.0 Å². The van der Waals surface area contributed by atoms with Crippen molar-refractivity contribution in [2.45, 2.75) is 12.8 Å². The molecule has 0 aromatic heterocycles. The number of piperidine rings is 1. The van der Waals surface area contributed by atoms with Crippen molar-refractivity contribution in [3.8, 4) is 11.5 Å². The molecule has 2 aliphatic heterocycles. The zero-order chi connectivity index (χ0) is 27.8. The molecule has 5 rings (SSSR count). The smallest absolute Gasteiger partial charge is 0.228 e. The summed E-state index contributed by atoms with van der Waals surface area (Å²) in [5.74, 6) is -4.09. The fraction of sp³-hybridized carbons (Fsp3) is 0.323. The molecule has 0 aliphatic carbocycles. The normalized spacial score (nSPS) is 21.8. The molecule has 0 bridgehead atoms. The third-order valence-electron chi connectivity index (χ3n) is 8.03. The highest BCUT2D eigenvalue weighted by Gasteiger charge is 2.48. The minimum Gasteiger partial charge on any atom is -0.508 e. The van der Waals surface area contributed by atoms with Gasteiger partial charge in [-0.15, -0.1) is 0 Å². The van der Waals surface area contributed by atoms with Crippen LogP contribution >= 0.6 is 0 Å². The zero-order valence-corrected chi connectivity index (χ0v) is 21.9. The Morgan fingerprint density at radius 1 is 0.795 bits per heavy atom. The summed E-state index contributed by atoms with van der Waals surface area (Å²) in [5.41, 5.74) is 1.37. The highest BCUT2D eigenvalue weighted by molar-refractivity contribution is 6.03. The Labute approximate surface area is 226 Å². The summed E-state index contributed by atoms with van der Waals surface area (Å²) in [4.78, 5) is 45.3. The molecule has 7 nitrogen and oxygen atoms in total. The maximum Gasteiger partial charge on any atom is 0.228 e. The molecule has 2 heterocycles. The molecule has 2 fully saturated rings. The van der Waals surface area contributed by atoms with E-state index in [1.165, 1.54) is 30.3 Å². The lowest BCUT2D eigenvalue weighted by atomic mass is 9.67. The van der Waals surface area contributed by atoms with E-state index in [1.807, 2.05) is 11.9 Å². The van der Waals surface area contributed by atoms with E-state index in [1.54, 1.807) is 48.2 Å². The van der Waals surface area contributed by atoms with Crippen LogP contribution in [0.5, 0.6) is 11.5 Å². The van der Waals surface area contributed by atoms with Crippen LogP contribution in [-0.4, -0.2) is 70.7 Å². The number of phenolic OH excluding ortho intramolecular Hbond substituents is 2. The van der Waals surface area contributed by atoms with Crippen LogP contribution in [0.1, 0.15) is 37.8 Å². The fourth-order valence-corrected chi connectivity index (χ4v) is 6.01. The summed E-state index contributed by atoms with van der Waals surface area (Å²) in [6.07, 6.45) is 0. The van der Waals surface area contributed by atoms with Crippen molar-refractivity contribution in [1.82, 2.24) is 9.80 Å². The lowest BCUT2D eigenvalue weighted by Gasteiger charge is -2.46. The lowest BCUT2D eigenvalue weighted by Crippen LogP contribution is -2.58. The quantitative estimate of drug-likeness (QED) is 0.467. The van der Waals surface area contributed by atoms with Gasteiger partial charge >= 0.3 is 0 Å². The number of amides is 1. The van der Waals surface area contributed by atoms with Crippen LogP contribution in [0.4, 0.5) is 4.39 Å². The Morgan fingerprint density at radius 2 is 1.31 bits per heavy atom. The second-order valence-electron chi connectivity index (χ2n) is 10.7. The topological polar surface area (TPSA) is 98.2 Å². The second kappa shape index (κ2) is 10.6. The second-order valence-corrected chi connectivity index (χ2v) is 10.7. The van der Waals surface area contributed by atoms with E-state index in [9.17, 15) is 29.0 Å². The van der Waals surface area contributed by atoms with Gasteiger partial charge in [0.15, 0.2) is 11.6 Å². The van der Waals surface area contributed by atoms with Gasteiger partial charge in [-0.25, -0.2) is 4.39 Å². The standard InChI is InChI=1S/C31H31FN2O5/c1-18-24(10-5-11-27(18)32)28-25(29(37)19-6-3-8-22(35)12-19)16-34(31(39)21-14-33(2)15-21)17-26(28)30(38)20-7-4-9-23(36)13-20/h3-13,21,25-26,28,35-36H,14-17H2,1-2H3/t25-,26+,28+. The summed E-state index contributed by atoms with van der Waals surface area (Å²) in [6, 6.07) is 16.6. The minimum absolute atomic E-state index is 0.0674. The van der Waals surface area contributed by atoms with Crippen molar-refractivity contribution >= 4 is 17.5 Å². The fourth-order valence-electron chi connectivity index (χ4n) is 6.01. The number of rotatable bonds is 6. The van der Waals surface area contributed by atoms with E-state index in [0.29, 0.717) is 24.2 Å². The Bertz CT molecular complexity index is 1370. The van der Waals surface area contributed by atoms with Crippen molar-refractivity contribution in [3.63, 3.8) is 0 Å². The highest BCUT2D eigenvalue weighted by atomic mass is 19.1. The first-order valence-electron chi connectivity index (χ1n) is 13.0. The molecule has 3 aromatic carbocycles. The van der Waals surface area contributed by atoms with Crippen molar-refractivity contribution in [3.05, 3.63) is 94.8 Å². The number of carbonyl (C=O) groups excluding carboxylic acids is 3. The van der Waals surface area contributed by atoms with Gasteiger partial charge in [-0.05, 0) is 55.4 Å². The maximum atomic E-state index is 14.8. The number of hydrogen-bond acceptors (Lipinski definition) is 6. The molecule has 0 saturated carbocycles. The van der Waals surface area contributed by atoms with E-state index < -0.39 is 23.6 Å². The molecule has 0 radical (unpaired) electrons. The first kappa shape index (κ1) is 26.6. The molecule has 2 aliphatic rings. The molecular formula is C31H31FN2O5. The van der Waals surface area contributed by atoms with E-state index in [2.05, 4.69) is 0 Å². The molecule has 3 atom stereocenters. The van der Waals surface area contributed by atoms with Gasteiger partial charge in [-0.3, -0.25) is 14.4 Å². The van der Waals surface area contributed by atoms with E-state index in [-0.39, 0.29) is 59.1 Å². The summed E-state index contributed by atoms with van der Waals surface area (Å²) in [6.45, 7) is 2.95. The monoisotopic (exact) mass is 530 g/mol. The predicted octanol–water partition coefficient (Wildman–Crippen LogP) is 4.03. The molecular weight excluding hydrogens is 499 g/mol. The summed E-state index contributed by atoms with van der Waals surface area (Å²) in [7, 11) is 1.92. The van der Waals surface area contributed by atoms with Gasteiger partial charge in [0.05, 0.1) is 5.92 Å². The largest absolute Gasteiger partial charge is 0.508 e. The number of phenols is 2. The van der Waals surface area contributed by atoms with Crippen LogP contribution in [0.15, 0.2) is 66.7 Å². The highest BCUT2D eigenvalue weighted by Crippen LogP contribution is 2.43. The number of likely N-dealkylation sites (tertiary alicyclic amines) is 2. The number of Topliss-reactive ketones (excluding diaryl/α,β-unsaturated/α-hetero) is 2. The van der Waals surface area contributed by atoms with Crippen molar-refractivity contribution in [2.75, 3.05) is 33.2 Å². The van der Waals surface area contributed by atoms with Crippen molar-refractivity contribution in [2.24, 2.45) is 17.8 Å². The molecule has 0 unspecified atom stereocenters. The van der Waals surface area contributed by atoms with Gasteiger partial charge in [0.25, 0.3) is 0 Å². The zero-order valence-electron chi connectivity index (χ0n) is 21.9. The first-order valence-corrected chi connectivity index (χ1v) is 13.0. The van der Waals surface area contributed by atoms with Gasteiger partial charge in [-0.2, -0.15) is 0 Å². The molecule has 202 valence electrons. The average Bonchev–Trinajstić information content (AvgIpc) is 2.91. The summed E-state index contributed by atoms with van der Waals surface area (Å²) in [5, 5.41) is 20.1.